The molecule has 1 atom stereocenters. The number of Topliss-reactive ketones (excluding diaryl/α,β-unsaturated/α-hetero) is 1. The molecule has 3 heteroatoms. The average molecular weight is 266 g/mol. The molecule has 0 N–H and O–H groups in total. The Labute approximate surface area is 95.7 Å². The van der Waals surface area contributed by atoms with Gasteiger partial charge < -0.3 is 0 Å². The second kappa shape index (κ2) is 5.24. The Morgan fingerprint density at radius 2 is 2.40 bits per heavy atom. The molecular weight excluding hydrogens is 253 g/mol. The number of hydrogen-bond donors (Lipinski definition) is 0. The van der Waals surface area contributed by atoms with Crippen LogP contribution in [0.15, 0.2) is 41.0 Å². The van der Waals surface area contributed by atoms with Crippen molar-refractivity contribution in [3.8, 4) is 0 Å². The summed E-state index contributed by atoms with van der Waals surface area (Å²) in [6.07, 6.45) is 10.9. The van der Waals surface area contributed by atoms with Crippen LogP contribution in [0.5, 0.6) is 0 Å². The Morgan fingerprint density at radius 3 is 3.00 bits per heavy atom. The van der Waals surface area contributed by atoms with E-state index < -0.39 is 0 Å². The van der Waals surface area contributed by atoms with Crippen molar-refractivity contribution in [2.45, 2.75) is 19.3 Å². The van der Waals surface area contributed by atoms with Crippen molar-refractivity contribution in [3.63, 3.8) is 0 Å². The van der Waals surface area contributed by atoms with Crippen LogP contribution in [0, 0.1) is 5.92 Å². The van der Waals surface area contributed by atoms with E-state index in [0.29, 0.717) is 26.4 Å². The van der Waals surface area contributed by atoms with Gasteiger partial charge in [-0.1, -0.05) is 18.2 Å². The Bertz CT molecular complexity index is 361. The Morgan fingerprint density at radius 1 is 1.47 bits per heavy atom. The van der Waals surface area contributed by atoms with Crippen molar-refractivity contribution in [1.82, 2.24) is 3.98 Å². The summed E-state index contributed by atoms with van der Waals surface area (Å²) in [7, 11) is 0. The Kier molecular flexibility index (Phi) is 3.70. The van der Waals surface area contributed by atoms with E-state index in [9.17, 15) is 4.79 Å². The molecular formula is C12H13NOSe. The summed E-state index contributed by atoms with van der Waals surface area (Å²) >= 11 is 0.458. The Balaban J connectivity index is 0.000000144. The molecule has 1 aromatic heterocycles. The fourth-order valence-corrected chi connectivity index (χ4v) is 2.63. The number of nitrogens with zero attached hydrogens (tertiary/aromatic N) is 1. The van der Waals surface area contributed by atoms with Gasteiger partial charge in [0.15, 0.2) is 5.78 Å². The molecule has 0 aliphatic heterocycles. The molecule has 1 unspecified atom stereocenters. The van der Waals surface area contributed by atoms with Gasteiger partial charge in [-0.3, -0.25) is 4.79 Å². The topological polar surface area (TPSA) is 30.0 Å². The van der Waals surface area contributed by atoms with Gasteiger partial charge in [-0.05, 0) is 24.3 Å². The number of carbonyl (C=O) groups is 1. The van der Waals surface area contributed by atoms with Crippen molar-refractivity contribution in [2.24, 2.45) is 5.92 Å². The molecule has 0 saturated heterocycles. The van der Waals surface area contributed by atoms with Crippen molar-refractivity contribution in [2.75, 3.05) is 0 Å². The van der Waals surface area contributed by atoms with Crippen LogP contribution in [-0.4, -0.2) is 24.5 Å². The van der Waals surface area contributed by atoms with Crippen LogP contribution < -0.4 is 0 Å². The number of allylic oxidation sites excluding steroid dienone is 4. The number of hydrogen-bond acceptors (Lipinski definition) is 2. The second-order valence-electron chi connectivity index (χ2n) is 3.63. The predicted octanol–water partition coefficient (Wildman–Crippen LogP) is 1.99. The summed E-state index contributed by atoms with van der Waals surface area (Å²) in [5.41, 5.74) is 1.07. The van der Waals surface area contributed by atoms with Gasteiger partial charge in [0.1, 0.15) is 0 Å². The maximum atomic E-state index is 11.1. The standard InChI is InChI=1S/C9H10O.C3H3NSe/c10-9-6-5-7-3-1-2-4-8(7)9;1-2-4-5-3-1/h1-2,4,7H,3,5-6H2;1-3H. The third-order valence-corrected chi connectivity index (χ3v) is 3.76. The average Bonchev–Trinajstić information content (AvgIpc) is 2.92. The van der Waals surface area contributed by atoms with Crippen molar-refractivity contribution >= 4 is 20.5 Å². The summed E-state index contributed by atoms with van der Waals surface area (Å²) in [6.45, 7) is 0. The van der Waals surface area contributed by atoms with Crippen molar-refractivity contribution in [3.05, 3.63) is 41.0 Å². The summed E-state index contributed by atoms with van der Waals surface area (Å²) in [5, 5.41) is 0. The predicted molar refractivity (Wildman–Crippen MR) is 60.7 cm³/mol. The number of aromatic nitrogens is 1. The van der Waals surface area contributed by atoms with Crippen LogP contribution in [0.25, 0.3) is 0 Å². The van der Waals surface area contributed by atoms with E-state index in [0.717, 1.165) is 24.8 Å². The Hall–Kier alpha value is -0.921. The molecule has 1 fully saturated rings. The molecule has 15 heavy (non-hydrogen) atoms. The minimum atomic E-state index is 0.370. The molecule has 2 nitrogen and oxygen atoms in total. The number of fused-ring (bicyclic) bond motifs is 1. The second-order valence-corrected chi connectivity index (χ2v) is 5.09. The normalized spacial score (nSPS) is 22.8. The van der Waals surface area contributed by atoms with Crippen LogP contribution in [0.4, 0.5) is 0 Å². The van der Waals surface area contributed by atoms with E-state index in [1.54, 1.807) is 0 Å². The first-order valence-electron chi connectivity index (χ1n) is 5.12. The van der Waals surface area contributed by atoms with E-state index in [1.807, 2.05) is 24.4 Å². The zero-order chi connectivity index (χ0) is 10.5. The van der Waals surface area contributed by atoms with E-state index in [2.05, 4.69) is 15.0 Å². The number of rotatable bonds is 0. The first-order chi connectivity index (χ1) is 7.38. The zero-order valence-electron chi connectivity index (χ0n) is 8.43. The van der Waals surface area contributed by atoms with E-state index in [-0.39, 0.29) is 0 Å². The van der Waals surface area contributed by atoms with Crippen LogP contribution >= 0.6 is 0 Å². The van der Waals surface area contributed by atoms with Gasteiger partial charge in [0, 0.05) is 6.42 Å². The molecule has 0 bridgehead atoms. The van der Waals surface area contributed by atoms with E-state index in [1.165, 1.54) is 0 Å². The molecule has 2 aliphatic carbocycles. The summed E-state index contributed by atoms with van der Waals surface area (Å²) in [5.74, 6) is 0.937. The maximum absolute atomic E-state index is 11.1. The molecule has 2 aliphatic rings. The zero-order valence-corrected chi connectivity index (χ0v) is 10.1. The third-order valence-electron chi connectivity index (χ3n) is 2.66. The van der Waals surface area contributed by atoms with Gasteiger partial charge in [-0.25, -0.2) is 0 Å². The fraction of sp³-hybridized carbons (Fsp3) is 0.333. The van der Waals surface area contributed by atoms with Gasteiger partial charge in [0.25, 0.3) is 0 Å². The molecule has 0 aromatic carbocycles. The van der Waals surface area contributed by atoms with Gasteiger partial charge in [0.05, 0.1) is 0 Å². The SMILES string of the molecule is O=C1CCC2CC=CC=C12.c1cn[se]c1. The van der Waals surface area contributed by atoms with Gasteiger partial charge >= 0.3 is 35.9 Å². The van der Waals surface area contributed by atoms with Gasteiger partial charge in [-0.2, -0.15) is 0 Å². The van der Waals surface area contributed by atoms with E-state index >= 15 is 0 Å². The van der Waals surface area contributed by atoms with Gasteiger partial charge in [-0.15, -0.1) is 0 Å². The third kappa shape index (κ3) is 2.77. The molecule has 1 saturated carbocycles. The summed E-state index contributed by atoms with van der Waals surface area (Å²) < 4.78 is 3.91. The molecule has 1 aromatic rings. The van der Waals surface area contributed by atoms with Crippen molar-refractivity contribution in [1.29, 1.82) is 0 Å². The fourth-order valence-electron chi connectivity index (χ4n) is 1.90. The van der Waals surface area contributed by atoms with Crippen LogP contribution in [0.3, 0.4) is 0 Å². The summed E-state index contributed by atoms with van der Waals surface area (Å²) in [4.78, 5) is 13.2. The summed E-state index contributed by atoms with van der Waals surface area (Å²) in [6, 6.07) is 1.97. The quantitative estimate of drug-likeness (QED) is 0.672. The molecule has 0 amide bonds. The van der Waals surface area contributed by atoms with Crippen LogP contribution in [-0.2, 0) is 4.79 Å². The minimum absolute atomic E-state index is 0.370. The monoisotopic (exact) mass is 267 g/mol. The molecule has 0 radical (unpaired) electrons. The molecule has 0 spiro atoms. The molecule has 78 valence electrons. The first-order valence-corrected chi connectivity index (χ1v) is 6.87. The van der Waals surface area contributed by atoms with Crippen molar-refractivity contribution < 1.29 is 4.79 Å². The van der Waals surface area contributed by atoms with Gasteiger partial charge in [0.2, 0.25) is 0 Å². The molecule has 3 rings (SSSR count). The number of ketones is 1. The molecule has 1 heterocycles. The van der Waals surface area contributed by atoms with E-state index in [4.69, 9.17) is 0 Å². The first kappa shape index (κ1) is 10.6. The number of carbonyl (C=O) groups excluding carboxylic acids is 1. The van der Waals surface area contributed by atoms with Crippen LogP contribution in [0.1, 0.15) is 19.3 Å². The van der Waals surface area contributed by atoms with Crippen LogP contribution in [0.2, 0.25) is 0 Å².